The molecule has 0 fully saturated rings. The average Bonchev–Trinajstić information content (AvgIpc) is 2.73. The standard InChI is InChI=1S/C21H18ClN3O3/c1-23-17-11-13(20-16(22)3-2-8-24-20)4-6-15(17)21(26)25-14-5-7-18-19(12-14)28-10-9-27-18/h2-8,11-12,23H,9-10H2,1H3,(H,25,26). The highest BCUT2D eigenvalue weighted by molar-refractivity contribution is 6.33. The summed E-state index contributed by atoms with van der Waals surface area (Å²) in [6.07, 6.45) is 1.68. The molecule has 2 aromatic carbocycles. The van der Waals surface area contributed by atoms with Gasteiger partial charge in [-0.05, 0) is 36.4 Å². The molecule has 1 aromatic heterocycles. The highest BCUT2D eigenvalue weighted by Gasteiger charge is 2.16. The lowest BCUT2D eigenvalue weighted by atomic mass is 10.0. The summed E-state index contributed by atoms with van der Waals surface area (Å²) in [5, 5.41) is 6.52. The quantitative estimate of drug-likeness (QED) is 0.682. The van der Waals surface area contributed by atoms with Crippen LogP contribution >= 0.6 is 11.6 Å². The third-order valence-corrected chi connectivity index (χ3v) is 4.67. The Hall–Kier alpha value is -3.25. The molecule has 2 heterocycles. The first-order valence-electron chi connectivity index (χ1n) is 8.79. The Kier molecular flexibility index (Phi) is 5.04. The summed E-state index contributed by atoms with van der Waals surface area (Å²) in [7, 11) is 1.76. The number of carbonyl (C=O) groups excluding carboxylic acids is 1. The number of pyridine rings is 1. The Morgan fingerprint density at radius 3 is 2.68 bits per heavy atom. The zero-order chi connectivity index (χ0) is 19.5. The number of benzene rings is 2. The van der Waals surface area contributed by atoms with Crippen molar-refractivity contribution in [1.29, 1.82) is 0 Å². The van der Waals surface area contributed by atoms with Crippen LogP contribution in [-0.4, -0.2) is 31.2 Å². The fraction of sp³-hybridized carbons (Fsp3) is 0.143. The van der Waals surface area contributed by atoms with Gasteiger partial charge in [-0.1, -0.05) is 17.7 Å². The maximum absolute atomic E-state index is 12.8. The van der Waals surface area contributed by atoms with Crippen molar-refractivity contribution in [3.05, 3.63) is 65.3 Å². The number of halogens is 1. The van der Waals surface area contributed by atoms with Gasteiger partial charge in [-0.15, -0.1) is 0 Å². The smallest absolute Gasteiger partial charge is 0.257 e. The molecule has 0 saturated carbocycles. The highest BCUT2D eigenvalue weighted by atomic mass is 35.5. The molecule has 0 spiro atoms. The first-order valence-corrected chi connectivity index (χ1v) is 9.17. The Balaban J connectivity index is 1.60. The Morgan fingerprint density at radius 2 is 1.89 bits per heavy atom. The first-order chi connectivity index (χ1) is 13.7. The molecule has 3 aromatic rings. The van der Waals surface area contributed by atoms with Crippen LogP contribution in [0.4, 0.5) is 11.4 Å². The van der Waals surface area contributed by atoms with Crippen molar-refractivity contribution >= 4 is 28.9 Å². The number of anilines is 2. The van der Waals surface area contributed by atoms with E-state index < -0.39 is 0 Å². The Labute approximate surface area is 167 Å². The highest BCUT2D eigenvalue weighted by Crippen LogP contribution is 2.33. The molecule has 6 nitrogen and oxygen atoms in total. The van der Waals surface area contributed by atoms with Crippen LogP contribution in [0.1, 0.15) is 10.4 Å². The van der Waals surface area contributed by atoms with E-state index in [9.17, 15) is 4.79 Å². The second-order valence-corrected chi connectivity index (χ2v) is 6.56. The van der Waals surface area contributed by atoms with Crippen molar-refractivity contribution in [2.75, 3.05) is 30.9 Å². The zero-order valence-electron chi connectivity index (χ0n) is 15.2. The second kappa shape index (κ2) is 7.78. The summed E-state index contributed by atoms with van der Waals surface area (Å²) < 4.78 is 11.1. The molecule has 28 heavy (non-hydrogen) atoms. The Morgan fingerprint density at radius 1 is 1.07 bits per heavy atom. The number of fused-ring (bicyclic) bond motifs is 1. The number of rotatable bonds is 4. The molecule has 1 aliphatic heterocycles. The molecule has 0 unspecified atom stereocenters. The number of hydrogen-bond donors (Lipinski definition) is 2. The summed E-state index contributed by atoms with van der Waals surface area (Å²) in [5.74, 6) is 1.06. The molecule has 0 radical (unpaired) electrons. The van der Waals surface area contributed by atoms with E-state index in [0.717, 1.165) is 5.56 Å². The summed E-state index contributed by atoms with van der Waals surface area (Å²) in [6, 6.07) is 14.3. The number of amides is 1. The summed E-state index contributed by atoms with van der Waals surface area (Å²) in [4.78, 5) is 17.1. The van der Waals surface area contributed by atoms with E-state index in [1.807, 2.05) is 12.1 Å². The summed E-state index contributed by atoms with van der Waals surface area (Å²) >= 11 is 6.24. The van der Waals surface area contributed by atoms with Gasteiger partial charge in [0.1, 0.15) is 13.2 Å². The lowest BCUT2D eigenvalue weighted by Crippen LogP contribution is -2.17. The summed E-state index contributed by atoms with van der Waals surface area (Å²) in [5.41, 5.74) is 3.31. The van der Waals surface area contributed by atoms with Gasteiger partial charge in [0, 0.05) is 36.2 Å². The molecule has 142 valence electrons. The van der Waals surface area contributed by atoms with Crippen molar-refractivity contribution in [2.24, 2.45) is 0 Å². The molecule has 1 amide bonds. The molecule has 7 heteroatoms. The van der Waals surface area contributed by atoms with Crippen LogP contribution in [-0.2, 0) is 0 Å². The van der Waals surface area contributed by atoms with Gasteiger partial charge in [0.15, 0.2) is 11.5 Å². The number of aromatic nitrogens is 1. The minimum Gasteiger partial charge on any atom is -0.486 e. The van der Waals surface area contributed by atoms with Crippen LogP contribution < -0.4 is 20.1 Å². The van der Waals surface area contributed by atoms with Crippen molar-refractivity contribution in [2.45, 2.75) is 0 Å². The number of hydrogen-bond acceptors (Lipinski definition) is 5. The van der Waals surface area contributed by atoms with Gasteiger partial charge >= 0.3 is 0 Å². The van der Waals surface area contributed by atoms with E-state index in [0.29, 0.717) is 52.4 Å². The molecule has 0 bridgehead atoms. The second-order valence-electron chi connectivity index (χ2n) is 6.16. The van der Waals surface area contributed by atoms with Gasteiger partial charge in [-0.3, -0.25) is 9.78 Å². The van der Waals surface area contributed by atoms with Gasteiger partial charge in [0.25, 0.3) is 5.91 Å². The van der Waals surface area contributed by atoms with E-state index in [-0.39, 0.29) is 5.91 Å². The SMILES string of the molecule is CNc1cc(-c2ncccc2Cl)ccc1C(=O)Nc1ccc2c(c1)OCCO2. The predicted molar refractivity (Wildman–Crippen MR) is 110 cm³/mol. The van der Waals surface area contributed by atoms with Crippen LogP contribution in [0.2, 0.25) is 5.02 Å². The van der Waals surface area contributed by atoms with Gasteiger partial charge in [0.05, 0.1) is 16.3 Å². The van der Waals surface area contributed by atoms with Crippen molar-refractivity contribution < 1.29 is 14.3 Å². The third-order valence-electron chi connectivity index (χ3n) is 4.37. The van der Waals surface area contributed by atoms with Gasteiger partial charge < -0.3 is 20.1 Å². The fourth-order valence-electron chi connectivity index (χ4n) is 3.01. The van der Waals surface area contributed by atoms with Gasteiger partial charge in [-0.2, -0.15) is 0 Å². The van der Waals surface area contributed by atoms with Crippen LogP contribution in [0.3, 0.4) is 0 Å². The van der Waals surface area contributed by atoms with Crippen LogP contribution in [0.25, 0.3) is 11.3 Å². The summed E-state index contributed by atoms with van der Waals surface area (Å²) in [6.45, 7) is 1.02. The molecule has 2 N–H and O–H groups in total. The fourth-order valence-corrected chi connectivity index (χ4v) is 3.24. The van der Waals surface area contributed by atoms with E-state index in [1.54, 1.807) is 49.6 Å². The number of nitrogens with one attached hydrogen (secondary N) is 2. The zero-order valence-corrected chi connectivity index (χ0v) is 15.9. The van der Waals surface area contributed by atoms with Crippen LogP contribution in [0.15, 0.2) is 54.7 Å². The van der Waals surface area contributed by atoms with Gasteiger partial charge in [-0.25, -0.2) is 0 Å². The van der Waals surface area contributed by atoms with Crippen molar-refractivity contribution in [3.63, 3.8) is 0 Å². The molecule has 0 atom stereocenters. The van der Waals surface area contributed by atoms with Crippen LogP contribution in [0.5, 0.6) is 11.5 Å². The van der Waals surface area contributed by atoms with E-state index >= 15 is 0 Å². The molecule has 0 aliphatic carbocycles. The van der Waals surface area contributed by atoms with Crippen molar-refractivity contribution in [3.8, 4) is 22.8 Å². The minimum atomic E-state index is -0.236. The number of carbonyl (C=O) groups is 1. The number of ether oxygens (including phenoxy) is 2. The van der Waals surface area contributed by atoms with Gasteiger partial charge in [0.2, 0.25) is 0 Å². The van der Waals surface area contributed by atoms with Crippen molar-refractivity contribution in [1.82, 2.24) is 4.98 Å². The molecular weight excluding hydrogens is 378 g/mol. The molecule has 0 saturated heterocycles. The monoisotopic (exact) mass is 395 g/mol. The maximum atomic E-state index is 12.8. The predicted octanol–water partition coefficient (Wildman–Crippen LogP) is 4.47. The normalized spacial score (nSPS) is 12.4. The van der Waals surface area contributed by atoms with E-state index in [4.69, 9.17) is 21.1 Å². The van der Waals surface area contributed by atoms with Crippen LogP contribution in [0, 0.1) is 0 Å². The maximum Gasteiger partial charge on any atom is 0.257 e. The third kappa shape index (κ3) is 3.59. The average molecular weight is 396 g/mol. The lowest BCUT2D eigenvalue weighted by molar-refractivity contribution is 0.102. The first kappa shape index (κ1) is 18.1. The Bertz CT molecular complexity index is 1040. The topological polar surface area (TPSA) is 72.5 Å². The largest absolute Gasteiger partial charge is 0.486 e. The molecule has 4 rings (SSSR count). The lowest BCUT2D eigenvalue weighted by Gasteiger charge is -2.19. The minimum absolute atomic E-state index is 0.236. The number of nitrogens with zero attached hydrogens (tertiary/aromatic N) is 1. The molecular formula is C21H18ClN3O3. The van der Waals surface area contributed by atoms with E-state index in [2.05, 4.69) is 15.6 Å². The molecule has 1 aliphatic rings. The van der Waals surface area contributed by atoms with E-state index in [1.165, 1.54) is 0 Å².